The van der Waals surface area contributed by atoms with Gasteiger partial charge >= 0.3 is 12.1 Å². The van der Waals surface area contributed by atoms with Crippen molar-refractivity contribution in [1.82, 2.24) is 10.6 Å². The molecule has 0 saturated heterocycles. The summed E-state index contributed by atoms with van der Waals surface area (Å²) >= 11 is 0. The van der Waals surface area contributed by atoms with Gasteiger partial charge in [0, 0.05) is 18.4 Å². The number of alkyl carbamates (subject to hydrolysis) is 1. The molecule has 7 heteroatoms. The van der Waals surface area contributed by atoms with E-state index in [1.807, 2.05) is 50.2 Å². The number of ether oxygens (including phenoxy) is 1. The summed E-state index contributed by atoms with van der Waals surface area (Å²) in [5.41, 5.74) is 4.43. The van der Waals surface area contributed by atoms with E-state index in [4.69, 9.17) is 9.84 Å². The van der Waals surface area contributed by atoms with Crippen LogP contribution in [0.25, 0.3) is 11.1 Å². The number of nitrogens with one attached hydrogen (secondary N) is 2. The Hall–Kier alpha value is -3.35. The van der Waals surface area contributed by atoms with Gasteiger partial charge in [-0.15, -0.1) is 0 Å². The van der Waals surface area contributed by atoms with Crippen LogP contribution in [-0.4, -0.2) is 41.8 Å². The van der Waals surface area contributed by atoms with Gasteiger partial charge in [-0.25, -0.2) is 4.79 Å². The Kier molecular flexibility index (Phi) is 7.28. The summed E-state index contributed by atoms with van der Waals surface area (Å²) in [6.07, 6.45) is -0.261. The summed E-state index contributed by atoms with van der Waals surface area (Å²) in [5, 5.41) is 14.3. The Balaban J connectivity index is 1.66. The van der Waals surface area contributed by atoms with E-state index in [2.05, 4.69) is 22.8 Å². The highest BCUT2D eigenvalue weighted by Gasteiger charge is 2.30. The largest absolute Gasteiger partial charge is 0.481 e. The quantitative estimate of drug-likeness (QED) is 0.570. The maximum Gasteiger partial charge on any atom is 0.407 e. The molecule has 0 aromatic heterocycles. The lowest BCUT2D eigenvalue weighted by atomic mass is 9.98. The molecule has 2 amide bonds. The Bertz CT molecular complexity index is 913. The number of amides is 2. The Labute approximate surface area is 181 Å². The van der Waals surface area contributed by atoms with E-state index < -0.39 is 24.0 Å². The van der Waals surface area contributed by atoms with Crippen LogP contribution in [0.1, 0.15) is 50.2 Å². The van der Waals surface area contributed by atoms with Crippen molar-refractivity contribution in [2.24, 2.45) is 0 Å². The summed E-state index contributed by atoms with van der Waals surface area (Å²) in [7, 11) is 0. The lowest BCUT2D eigenvalue weighted by Gasteiger charge is -2.21. The summed E-state index contributed by atoms with van der Waals surface area (Å²) in [5.74, 6) is -1.54. The van der Waals surface area contributed by atoms with E-state index in [1.165, 1.54) is 0 Å². The van der Waals surface area contributed by atoms with Crippen LogP contribution in [0.2, 0.25) is 0 Å². The van der Waals surface area contributed by atoms with Crippen LogP contribution in [0.4, 0.5) is 4.79 Å². The fourth-order valence-electron chi connectivity index (χ4n) is 3.76. The lowest BCUT2D eigenvalue weighted by molar-refractivity contribution is -0.137. The molecule has 0 bridgehead atoms. The molecule has 0 heterocycles. The van der Waals surface area contributed by atoms with Gasteiger partial charge in [-0.2, -0.15) is 0 Å². The van der Waals surface area contributed by atoms with E-state index >= 15 is 0 Å². The number of benzene rings is 2. The number of rotatable bonds is 9. The Morgan fingerprint density at radius 1 is 1.00 bits per heavy atom. The molecule has 0 saturated carbocycles. The molecule has 0 radical (unpaired) electrons. The van der Waals surface area contributed by atoms with Crippen LogP contribution in [0, 0.1) is 0 Å². The van der Waals surface area contributed by atoms with Crippen LogP contribution >= 0.6 is 0 Å². The number of carbonyl (C=O) groups is 3. The number of carboxylic acids is 1. The second-order valence-electron chi connectivity index (χ2n) is 7.77. The molecule has 1 aliphatic rings. The van der Waals surface area contributed by atoms with Crippen molar-refractivity contribution < 1.29 is 24.2 Å². The van der Waals surface area contributed by atoms with Crippen LogP contribution in [-0.2, 0) is 14.3 Å². The summed E-state index contributed by atoms with van der Waals surface area (Å²) in [6.45, 7) is 3.90. The van der Waals surface area contributed by atoms with Crippen molar-refractivity contribution in [2.45, 2.75) is 51.1 Å². The van der Waals surface area contributed by atoms with Crippen LogP contribution in [0.15, 0.2) is 48.5 Å². The molecule has 164 valence electrons. The average Bonchev–Trinajstić information content (AvgIpc) is 3.08. The highest BCUT2D eigenvalue weighted by molar-refractivity contribution is 5.86. The first kappa shape index (κ1) is 22.3. The molecule has 31 heavy (non-hydrogen) atoms. The topological polar surface area (TPSA) is 105 Å². The van der Waals surface area contributed by atoms with Crippen molar-refractivity contribution in [3.63, 3.8) is 0 Å². The van der Waals surface area contributed by atoms with Gasteiger partial charge in [0.05, 0.1) is 0 Å². The maximum atomic E-state index is 12.5. The first-order valence-corrected chi connectivity index (χ1v) is 10.5. The highest BCUT2D eigenvalue weighted by atomic mass is 16.5. The van der Waals surface area contributed by atoms with Crippen molar-refractivity contribution in [1.29, 1.82) is 0 Å². The molecule has 3 N–H and O–H groups in total. The van der Waals surface area contributed by atoms with Crippen LogP contribution in [0.5, 0.6) is 0 Å². The molecule has 2 aromatic rings. The molecule has 2 unspecified atom stereocenters. The fourth-order valence-corrected chi connectivity index (χ4v) is 3.76. The molecule has 2 aromatic carbocycles. The molecule has 1 aliphatic carbocycles. The first-order valence-electron chi connectivity index (χ1n) is 10.5. The normalized spacial score (nSPS) is 14.1. The number of hydrogen-bond acceptors (Lipinski definition) is 4. The molecule has 2 atom stereocenters. The van der Waals surface area contributed by atoms with Gasteiger partial charge in [0.2, 0.25) is 5.91 Å². The van der Waals surface area contributed by atoms with Gasteiger partial charge in [0.1, 0.15) is 12.6 Å². The first-order chi connectivity index (χ1) is 14.9. The molecular formula is C24H28N2O5. The van der Waals surface area contributed by atoms with Crippen LogP contribution in [0.3, 0.4) is 0 Å². The van der Waals surface area contributed by atoms with Gasteiger partial charge in [-0.1, -0.05) is 55.5 Å². The minimum atomic E-state index is -1.03. The fraction of sp³-hybridized carbons (Fsp3) is 0.375. The second kappa shape index (κ2) is 10.1. The van der Waals surface area contributed by atoms with Crippen LogP contribution < -0.4 is 10.6 Å². The zero-order valence-electron chi connectivity index (χ0n) is 17.8. The molecular weight excluding hydrogens is 396 g/mol. The predicted octanol–water partition coefficient (Wildman–Crippen LogP) is 3.67. The standard InChI is InChI=1S/C24H28N2O5/c1-3-15(2)25-23(29)21(12-13-22(27)28)26-24(30)31-14-20-18-10-6-4-8-16(18)17-9-5-7-11-19(17)20/h4-11,15,20-21H,3,12-14H2,1-2H3,(H,25,29)(H,26,30)(H,27,28). The molecule has 3 rings (SSSR count). The average molecular weight is 424 g/mol. The SMILES string of the molecule is CCC(C)NC(=O)C(CCC(=O)O)NC(=O)OCC1c2ccccc2-c2ccccc21. The zero-order chi connectivity index (χ0) is 22.4. The van der Waals surface area contributed by atoms with E-state index in [0.717, 1.165) is 28.7 Å². The number of hydrogen-bond donors (Lipinski definition) is 3. The lowest BCUT2D eigenvalue weighted by Crippen LogP contribution is -2.49. The van der Waals surface area contributed by atoms with E-state index in [9.17, 15) is 14.4 Å². The van der Waals surface area contributed by atoms with Gasteiger partial charge in [-0.05, 0) is 42.0 Å². The second-order valence-corrected chi connectivity index (χ2v) is 7.77. The van der Waals surface area contributed by atoms with E-state index in [-0.39, 0.29) is 31.4 Å². The number of carboxylic acid groups (broad SMARTS) is 1. The van der Waals surface area contributed by atoms with E-state index in [1.54, 1.807) is 0 Å². The number of fused-ring (bicyclic) bond motifs is 3. The minimum Gasteiger partial charge on any atom is -0.481 e. The predicted molar refractivity (Wildman–Crippen MR) is 117 cm³/mol. The Morgan fingerprint density at radius 3 is 2.13 bits per heavy atom. The third-order valence-electron chi connectivity index (χ3n) is 5.60. The minimum absolute atomic E-state index is 0.0121. The zero-order valence-corrected chi connectivity index (χ0v) is 17.8. The van der Waals surface area contributed by atoms with Crippen molar-refractivity contribution in [3.8, 4) is 11.1 Å². The van der Waals surface area contributed by atoms with Crippen molar-refractivity contribution in [2.75, 3.05) is 6.61 Å². The van der Waals surface area contributed by atoms with Crippen molar-refractivity contribution in [3.05, 3.63) is 59.7 Å². The number of aliphatic carboxylic acids is 1. The monoisotopic (exact) mass is 424 g/mol. The number of carbonyl (C=O) groups excluding carboxylic acids is 2. The summed E-state index contributed by atoms with van der Waals surface area (Å²) in [6, 6.07) is 15.0. The summed E-state index contributed by atoms with van der Waals surface area (Å²) < 4.78 is 5.48. The Morgan fingerprint density at radius 2 is 1.58 bits per heavy atom. The third kappa shape index (κ3) is 5.42. The van der Waals surface area contributed by atoms with Gasteiger partial charge in [-0.3, -0.25) is 9.59 Å². The smallest absolute Gasteiger partial charge is 0.407 e. The van der Waals surface area contributed by atoms with Gasteiger partial charge in [0.25, 0.3) is 0 Å². The third-order valence-corrected chi connectivity index (χ3v) is 5.60. The van der Waals surface area contributed by atoms with Gasteiger partial charge < -0.3 is 20.5 Å². The van der Waals surface area contributed by atoms with E-state index in [0.29, 0.717) is 0 Å². The molecule has 0 spiro atoms. The summed E-state index contributed by atoms with van der Waals surface area (Å²) in [4.78, 5) is 35.9. The molecule has 0 aliphatic heterocycles. The van der Waals surface area contributed by atoms with Crippen molar-refractivity contribution >= 4 is 18.0 Å². The maximum absolute atomic E-state index is 12.5. The molecule has 7 nitrogen and oxygen atoms in total. The highest BCUT2D eigenvalue weighted by Crippen LogP contribution is 2.44. The molecule has 0 fully saturated rings. The van der Waals surface area contributed by atoms with Gasteiger partial charge in [0.15, 0.2) is 0 Å².